The van der Waals surface area contributed by atoms with Crippen LogP contribution in [-0.2, 0) is 10.0 Å². The molecule has 0 unspecified atom stereocenters. The second-order valence-corrected chi connectivity index (χ2v) is 7.19. The molecule has 1 aliphatic rings. The first kappa shape index (κ1) is 15.1. The van der Waals surface area contributed by atoms with Crippen LogP contribution in [0.2, 0.25) is 0 Å². The van der Waals surface area contributed by atoms with E-state index in [2.05, 4.69) is 14.7 Å². The highest BCUT2D eigenvalue weighted by Gasteiger charge is 2.34. The van der Waals surface area contributed by atoms with Crippen molar-refractivity contribution in [2.45, 2.75) is 25.4 Å². The third-order valence-corrected chi connectivity index (χ3v) is 4.00. The highest BCUT2D eigenvalue weighted by atomic mass is 32.2. The maximum absolute atomic E-state index is 11.2. The zero-order valence-corrected chi connectivity index (χ0v) is 12.5. The van der Waals surface area contributed by atoms with Gasteiger partial charge in [0.05, 0.1) is 11.9 Å². The van der Waals surface area contributed by atoms with E-state index in [1.807, 2.05) is 17.9 Å². The molecule has 1 aromatic rings. The van der Waals surface area contributed by atoms with Gasteiger partial charge in [0.25, 0.3) is 0 Å². The molecule has 0 bridgehead atoms. The van der Waals surface area contributed by atoms with Crippen LogP contribution < -0.4 is 9.62 Å². The summed E-state index contributed by atoms with van der Waals surface area (Å²) < 4.78 is 24.7. The van der Waals surface area contributed by atoms with E-state index >= 15 is 0 Å². The lowest BCUT2D eigenvalue weighted by atomic mass is 9.93. The highest BCUT2D eigenvalue weighted by Crippen LogP contribution is 2.24. The van der Waals surface area contributed by atoms with Crippen molar-refractivity contribution in [1.29, 1.82) is 0 Å². The standard InChI is InChI=1S/C12H20N4O3S/c1-10-6-11(14-9-13-10)16-5-3-4-12(17,8-16)7-15-20(2,18)19/h6,9,15,17H,3-5,7-8H2,1-2H3/t12-/m0/s1. The van der Waals surface area contributed by atoms with Crippen LogP contribution in [0, 0.1) is 6.92 Å². The Balaban J connectivity index is 2.08. The number of sulfonamides is 1. The maximum atomic E-state index is 11.2. The molecule has 0 spiro atoms. The van der Waals surface area contributed by atoms with Crippen LogP contribution in [0.1, 0.15) is 18.5 Å². The molecule has 2 heterocycles. The predicted molar refractivity (Wildman–Crippen MR) is 76.0 cm³/mol. The number of aromatic nitrogens is 2. The Kier molecular flexibility index (Phi) is 4.26. The van der Waals surface area contributed by atoms with Crippen molar-refractivity contribution in [1.82, 2.24) is 14.7 Å². The van der Waals surface area contributed by atoms with Crippen molar-refractivity contribution >= 4 is 15.8 Å². The molecule has 20 heavy (non-hydrogen) atoms. The van der Waals surface area contributed by atoms with E-state index in [-0.39, 0.29) is 6.54 Å². The molecular weight excluding hydrogens is 280 g/mol. The Morgan fingerprint density at radius 3 is 2.90 bits per heavy atom. The third kappa shape index (κ3) is 4.12. The van der Waals surface area contributed by atoms with Crippen LogP contribution in [0.5, 0.6) is 0 Å². The molecule has 1 fully saturated rings. The SMILES string of the molecule is Cc1cc(N2CCC[C@](O)(CNS(C)(=O)=O)C2)ncn1. The van der Waals surface area contributed by atoms with Crippen molar-refractivity contribution in [2.24, 2.45) is 0 Å². The van der Waals surface area contributed by atoms with Gasteiger partial charge in [-0.2, -0.15) is 0 Å². The minimum Gasteiger partial charge on any atom is -0.387 e. The van der Waals surface area contributed by atoms with Crippen molar-refractivity contribution in [3.63, 3.8) is 0 Å². The molecule has 1 aromatic heterocycles. The number of nitrogens with zero attached hydrogens (tertiary/aromatic N) is 3. The summed E-state index contributed by atoms with van der Waals surface area (Å²) in [6.45, 7) is 3.04. The van der Waals surface area contributed by atoms with Crippen molar-refractivity contribution < 1.29 is 13.5 Å². The molecule has 0 radical (unpaired) electrons. The molecule has 0 amide bonds. The summed E-state index contributed by atoms with van der Waals surface area (Å²) in [7, 11) is -3.30. The monoisotopic (exact) mass is 300 g/mol. The van der Waals surface area contributed by atoms with Gasteiger partial charge in [0, 0.05) is 31.4 Å². The Bertz CT molecular complexity index is 578. The number of nitrogens with one attached hydrogen (secondary N) is 1. The summed E-state index contributed by atoms with van der Waals surface area (Å²) in [5.74, 6) is 0.759. The van der Waals surface area contributed by atoms with Gasteiger partial charge in [-0.1, -0.05) is 0 Å². The number of hydrogen-bond donors (Lipinski definition) is 2. The van der Waals surface area contributed by atoms with Crippen LogP contribution in [0.25, 0.3) is 0 Å². The van der Waals surface area contributed by atoms with Crippen LogP contribution in [-0.4, -0.2) is 55.0 Å². The second-order valence-electron chi connectivity index (χ2n) is 5.36. The topological polar surface area (TPSA) is 95.4 Å². The summed E-state index contributed by atoms with van der Waals surface area (Å²) >= 11 is 0. The van der Waals surface area contributed by atoms with E-state index in [1.54, 1.807) is 0 Å². The largest absolute Gasteiger partial charge is 0.387 e. The van der Waals surface area contributed by atoms with Crippen LogP contribution in [0.4, 0.5) is 5.82 Å². The molecule has 1 aliphatic heterocycles. The lowest BCUT2D eigenvalue weighted by Crippen LogP contribution is -2.54. The van der Waals surface area contributed by atoms with Gasteiger partial charge in [-0.3, -0.25) is 0 Å². The average molecular weight is 300 g/mol. The zero-order chi connectivity index (χ0) is 14.8. The molecule has 1 saturated heterocycles. The average Bonchev–Trinajstić information content (AvgIpc) is 2.36. The van der Waals surface area contributed by atoms with Gasteiger partial charge in [0.2, 0.25) is 10.0 Å². The van der Waals surface area contributed by atoms with Crippen LogP contribution in [0.15, 0.2) is 12.4 Å². The molecule has 0 saturated carbocycles. The number of rotatable bonds is 4. The molecule has 2 N–H and O–H groups in total. The number of anilines is 1. The fourth-order valence-electron chi connectivity index (χ4n) is 2.33. The number of β-amino-alcohol motifs (C(OH)–C–C–N with tert-alkyl or cyclic N) is 1. The minimum absolute atomic E-state index is 0.0202. The van der Waals surface area contributed by atoms with Gasteiger partial charge in [-0.05, 0) is 19.8 Å². The highest BCUT2D eigenvalue weighted by molar-refractivity contribution is 7.88. The fraction of sp³-hybridized carbons (Fsp3) is 0.667. The van der Waals surface area contributed by atoms with Gasteiger partial charge in [0.1, 0.15) is 12.1 Å². The zero-order valence-electron chi connectivity index (χ0n) is 11.7. The molecule has 2 rings (SSSR count). The number of hydrogen-bond acceptors (Lipinski definition) is 6. The molecule has 0 aromatic carbocycles. The smallest absolute Gasteiger partial charge is 0.208 e. The van der Waals surface area contributed by atoms with E-state index in [0.29, 0.717) is 13.0 Å². The van der Waals surface area contributed by atoms with E-state index in [4.69, 9.17) is 0 Å². The van der Waals surface area contributed by atoms with E-state index in [1.165, 1.54) is 6.33 Å². The normalized spacial score (nSPS) is 23.9. The Morgan fingerprint density at radius 1 is 1.50 bits per heavy atom. The number of piperidine rings is 1. The van der Waals surface area contributed by atoms with Gasteiger partial charge >= 0.3 is 0 Å². The molecule has 7 nitrogen and oxygen atoms in total. The summed E-state index contributed by atoms with van der Waals surface area (Å²) in [6, 6.07) is 1.86. The lowest BCUT2D eigenvalue weighted by molar-refractivity contribution is 0.0310. The van der Waals surface area contributed by atoms with E-state index < -0.39 is 15.6 Å². The molecule has 1 atom stereocenters. The lowest BCUT2D eigenvalue weighted by Gasteiger charge is -2.39. The molecular formula is C12H20N4O3S. The van der Waals surface area contributed by atoms with Crippen LogP contribution >= 0.6 is 0 Å². The van der Waals surface area contributed by atoms with Crippen molar-refractivity contribution in [2.75, 3.05) is 30.8 Å². The first-order valence-electron chi connectivity index (χ1n) is 6.48. The van der Waals surface area contributed by atoms with Crippen molar-refractivity contribution in [3.05, 3.63) is 18.1 Å². The van der Waals surface area contributed by atoms with Gasteiger partial charge in [-0.25, -0.2) is 23.1 Å². The summed E-state index contributed by atoms with van der Waals surface area (Å²) in [5.41, 5.74) is -0.210. The molecule has 0 aliphatic carbocycles. The minimum atomic E-state index is -3.30. The Hall–Kier alpha value is -1.25. The quantitative estimate of drug-likeness (QED) is 0.790. The predicted octanol–water partition coefficient (Wildman–Crippen LogP) is -0.334. The first-order chi connectivity index (χ1) is 9.27. The first-order valence-corrected chi connectivity index (χ1v) is 8.37. The van der Waals surface area contributed by atoms with Gasteiger partial charge in [0.15, 0.2) is 0 Å². The molecule has 8 heteroatoms. The van der Waals surface area contributed by atoms with E-state index in [0.717, 1.165) is 30.7 Å². The third-order valence-electron chi connectivity index (χ3n) is 3.33. The van der Waals surface area contributed by atoms with Crippen LogP contribution in [0.3, 0.4) is 0 Å². The van der Waals surface area contributed by atoms with Gasteiger partial charge in [-0.15, -0.1) is 0 Å². The van der Waals surface area contributed by atoms with Gasteiger partial charge < -0.3 is 10.0 Å². The fourth-order valence-corrected chi connectivity index (χ4v) is 2.86. The summed E-state index contributed by atoms with van der Waals surface area (Å²) in [4.78, 5) is 10.2. The molecule has 112 valence electrons. The summed E-state index contributed by atoms with van der Waals surface area (Å²) in [5, 5.41) is 10.5. The Labute approximate surface area is 119 Å². The second kappa shape index (κ2) is 5.63. The summed E-state index contributed by atoms with van der Waals surface area (Å²) in [6.07, 6.45) is 3.93. The number of aliphatic hydroxyl groups is 1. The van der Waals surface area contributed by atoms with Crippen molar-refractivity contribution in [3.8, 4) is 0 Å². The number of aryl methyl sites for hydroxylation is 1. The Morgan fingerprint density at radius 2 is 2.25 bits per heavy atom. The van der Waals surface area contributed by atoms with E-state index in [9.17, 15) is 13.5 Å². The maximum Gasteiger partial charge on any atom is 0.208 e.